The molecule has 120 valence electrons. The van der Waals surface area contributed by atoms with Crippen LogP contribution in [0.1, 0.15) is 24.3 Å². The lowest BCUT2D eigenvalue weighted by Crippen LogP contribution is -2.36. The molecule has 7 heteroatoms. The van der Waals surface area contributed by atoms with E-state index in [1.54, 1.807) is 41.1 Å². The average molecular weight is 351 g/mol. The summed E-state index contributed by atoms with van der Waals surface area (Å²) in [5.74, 6) is -0.556. The second kappa shape index (κ2) is 5.54. The summed E-state index contributed by atoms with van der Waals surface area (Å²) < 4.78 is 28.4. The van der Waals surface area contributed by atoms with Gasteiger partial charge in [0.25, 0.3) is 15.9 Å². The van der Waals surface area contributed by atoms with Gasteiger partial charge in [0.1, 0.15) is 10.6 Å². The Morgan fingerprint density at radius 1 is 1.26 bits per heavy atom. The lowest BCUT2D eigenvalue weighted by atomic mass is 10.3. The van der Waals surface area contributed by atoms with E-state index in [9.17, 15) is 13.2 Å². The number of benzene rings is 1. The van der Waals surface area contributed by atoms with Crippen molar-refractivity contribution in [1.29, 1.82) is 0 Å². The molecule has 2 heterocycles. The van der Waals surface area contributed by atoms with Gasteiger partial charge >= 0.3 is 0 Å². The van der Waals surface area contributed by atoms with Crippen LogP contribution in [0.25, 0.3) is 5.69 Å². The summed E-state index contributed by atoms with van der Waals surface area (Å²) in [5.41, 5.74) is 1.65. The lowest BCUT2D eigenvalue weighted by molar-refractivity contribution is 0.0866. The smallest absolute Gasteiger partial charge is 0.284 e. The molecule has 2 aromatic rings. The van der Waals surface area contributed by atoms with E-state index >= 15 is 0 Å². The molecule has 1 aromatic carbocycles. The van der Waals surface area contributed by atoms with Crippen molar-refractivity contribution in [2.24, 2.45) is 0 Å². The minimum Gasteiger partial charge on any atom is -0.311 e. The summed E-state index contributed by atoms with van der Waals surface area (Å²) in [6, 6.07) is 7.91. The van der Waals surface area contributed by atoms with Gasteiger partial charge in [0.05, 0.1) is 12.2 Å². The van der Waals surface area contributed by atoms with Gasteiger partial charge in [-0.15, -0.1) is 0 Å². The van der Waals surface area contributed by atoms with Crippen molar-refractivity contribution in [3.8, 4) is 5.69 Å². The van der Waals surface area contributed by atoms with Crippen LogP contribution in [0.2, 0.25) is 5.02 Å². The molecule has 1 amide bonds. The topological polar surface area (TPSA) is 59.4 Å². The quantitative estimate of drug-likeness (QED) is 0.781. The van der Waals surface area contributed by atoms with Crippen molar-refractivity contribution in [3.05, 3.63) is 58.9 Å². The zero-order valence-electron chi connectivity index (χ0n) is 12.7. The first-order chi connectivity index (χ1) is 10.8. The largest absolute Gasteiger partial charge is 0.311 e. The molecule has 0 spiro atoms. The van der Waals surface area contributed by atoms with Crippen molar-refractivity contribution < 1.29 is 13.2 Å². The Morgan fingerprint density at radius 3 is 2.70 bits per heavy atom. The second-order valence-corrected chi connectivity index (χ2v) is 7.77. The van der Waals surface area contributed by atoms with Crippen molar-refractivity contribution in [2.45, 2.75) is 18.7 Å². The molecule has 1 aliphatic rings. The van der Waals surface area contributed by atoms with E-state index in [4.69, 9.17) is 11.6 Å². The highest BCUT2D eigenvalue weighted by Crippen LogP contribution is 2.32. The summed E-state index contributed by atoms with van der Waals surface area (Å²) in [5, 5.41) is 0.303. The summed E-state index contributed by atoms with van der Waals surface area (Å²) in [4.78, 5) is 12.8. The minimum absolute atomic E-state index is 0.0133. The molecule has 5 nitrogen and oxygen atoms in total. The Labute approximate surface area is 139 Å². The molecule has 1 aromatic heterocycles. The third kappa shape index (κ3) is 2.58. The second-order valence-electron chi connectivity index (χ2n) is 5.50. The van der Waals surface area contributed by atoms with E-state index in [1.165, 1.54) is 6.07 Å². The molecule has 3 rings (SSSR count). The molecular formula is C16H15ClN2O3S. The average Bonchev–Trinajstić information content (AvgIpc) is 2.93. The molecule has 0 N–H and O–H groups in total. The molecule has 1 aliphatic heterocycles. The van der Waals surface area contributed by atoms with Gasteiger partial charge in [0.15, 0.2) is 0 Å². The maximum atomic E-state index is 13.0. The van der Waals surface area contributed by atoms with Gasteiger partial charge in [0, 0.05) is 11.2 Å². The molecule has 0 aliphatic carbocycles. The number of carbonyl (C=O) groups is 1. The predicted molar refractivity (Wildman–Crippen MR) is 88.4 cm³/mol. The first-order valence-electron chi connectivity index (χ1n) is 7.00. The summed E-state index contributed by atoms with van der Waals surface area (Å²) in [7, 11) is -3.99. The minimum atomic E-state index is -3.99. The van der Waals surface area contributed by atoms with Crippen molar-refractivity contribution in [3.63, 3.8) is 0 Å². The number of rotatable bonds is 2. The number of hydrogen-bond acceptors (Lipinski definition) is 3. The van der Waals surface area contributed by atoms with E-state index < -0.39 is 15.9 Å². The fraction of sp³-hybridized carbons (Fsp3) is 0.188. The third-order valence-electron chi connectivity index (χ3n) is 3.61. The molecular weight excluding hydrogens is 336 g/mol. The lowest BCUT2D eigenvalue weighted by Gasteiger charge is -2.19. The van der Waals surface area contributed by atoms with Crippen LogP contribution in [-0.2, 0) is 10.0 Å². The molecule has 0 bridgehead atoms. The highest BCUT2D eigenvalue weighted by Gasteiger charge is 2.36. The van der Waals surface area contributed by atoms with Gasteiger partial charge < -0.3 is 4.57 Å². The number of sulfonamides is 1. The van der Waals surface area contributed by atoms with Crippen molar-refractivity contribution in [1.82, 2.24) is 8.87 Å². The monoisotopic (exact) mass is 350 g/mol. The molecule has 0 fully saturated rings. The number of fused-ring (bicyclic) bond motifs is 3. The number of halogens is 1. The Hall–Kier alpha value is -2.05. The van der Waals surface area contributed by atoms with E-state index in [2.05, 4.69) is 0 Å². The highest BCUT2D eigenvalue weighted by atomic mass is 35.5. The Kier molecular flexibility index (Phi) is 3.82. The highest BCUT2D eigenvalue weighted by molar-refractivity contribution is 7.89. The fourth-order valence-electron chi connectivity index (χ4n) is 2.46. The van der Waals surface area contributed by atoms with E-state index in [0.717, 1.165) is 9.88 Å². The number of amides is 1. The first-order valence-corrected chi connectivity index (χ1v) is 8.82. The van der Waals surface area contributed by atoms with Crippen LogP contribution in [0.15, 0.2) is 53.1 Å². The number of allylic oxidation sites excluding steroid dienone is 1. The molecule has 0 unspecified atom stereocenters. The molecule has 23 heavy (non-hydrogen) atoms. The van der Waals surface area contributed by atoms with E-state index in [0.29, 0.717) is 16.4 Å². The maximum Gasteiger partial charge on any atom is 0.284 e. The zero-order chi connectivity index (χ0) is 16.8. The van der Waals surface area contributed by atoms with E-state index in [1.807, 2.05) is 13.8 Å². The normalized spacial score (nSPS) is 15.6. The number of carbonyl (C=O) groups excluding carboxylic acids is 1. The number of hydrogen-bond donors (Lipinski definition) is 0. The number of nitrogens with zero attached hydrogens (tertiary/aromatic N) is 2. The Morgan fingerprint density at radius 2 is 2.00 bits per heavy atom. The van der Waals surface area contributed by atoms with Gasteiger partial charge in [-0.25, -0.2) is 12.7 Å². The molecule has 0 radical (unpaired) electrons. The van der Waals surface area contributed by atoms with Crippen LogP contribution in [0.4, 0.5) is 0 Å². The van der Waals surface area contributed by atoms with E-state index in [-0.39, 0.29) is 11.4 Å². The van der Waals surface area contributed by atoms with Gasteiger partial charge in [-0.2, -0.15) is 0 Å². The van der Waals surface area contributed by atoms with Crippen LogP contribution in [0.3, 0.4) is 0 Å². The van der Waals surface area contributed by atoms with Gasteiger partial charge in [-0.05, 0) is 44.2 Å². The Bertz CT molecular complexity index is 925. The fourth-order valence-corrected chi connectivity index (χ4v) is 4.22. The van der Waals surface area contributed by atoms with Crippen molar-refractivity contribution >= 4 is 27.5 Å². The van der Waals surface area contributed by atoms with Crippen molar-refractivity contribution in [2.75, 3.05) is 6.54 Å². The molecule has 0 saturated heterocycles. The summed E-state index contributed by atoms with van der Waals surface area (Å²) >= 11 is 5.98. The van der Waals surface area contributed by atoms with Gasteiger partial charge in [-0.3, -0.25) is 4.79 Å². The van der Waals surface area contributed by atoms with Crippen LogP contribution in [0.5, 0.6) is 0 Å². The molecule has 0 atom stereocenters. The third-order valence-corrected chi connectivity index (χ3v) is 5.62. The number of aromatic nitrogens is 1. The van der Waals surface area contributed by atoms with Crippen LogP contribution >= 0.6 is 11.6 Å². The Balaban J connectivity index is 2.31. The predicted octanol–water partition coefficient (Wildman–Crippen LogP) is 3.24. The van der Waals surface area contributed by atoms with Crippen LogP contribution < -0.4 is 0 Å². The van der Waals surface area contributed by atoms with Crippen LogP contribution in [-0.4, -0.2) is 29.7 Å². The SMILES string of the molecule is CC(C)=CCN1C(=O)c2cccn2-c2ccc(Cl)cc2S1(=O)=O. The standard InChI is InChI=1S/C16H15ClN2O3S/c1-11(2)7-9-19-16(20)14-4-3-8-18(14)13-6-5-12(17)10-15(13)23(19,21)22/h3-8,10H,9H2,1-2H3. The van der Waals surface area contributed by atoms with Crippen LogP contribution in [0, 0.1) is 0 Å². The summed E-state index contributed by atoms with van der Waals surface area (Å²) in [6.07, 6.45) is 3.37. The first kappa shape index (κ1) is 15.8. The van der Waals surface area contributed by atoms with Gasteiger partial charge in [-0.1, -0.05) is 23.3 Å². The zero-order valence-corrected chi connectivity index (χ0v) is 14.2. The maximum absolute atomic E-state index is 13.0. The molecule has 0 saturated carbocycles. The summed E-state index contributed by atoms with van der Waals surface area (Å²) in [6.45, 7) is 3.69. The van der Waals surface area contributed by atoms with Gasteiger partial charge in [0.2, 0.25) is 0 Å².